The molecule has 2 aromatic carbocycles. The van der Waals surface area contributed by atoms with E-state index in [4.69, 9.17) is 17.3 Å². The van der Waals surface area contributed by atoms with Gasteiger partial charge in [0.05, 0.1) is 5.69 Å². The van der Waals surface area contributed by atoms with Crippen LogP contribution in [0.15, 0.2) is 53.0 Å². The van der Waals surface area contributed by atoms with Crippen molar-refractivity contribution in [1.29, 1.82) is 5.26 Å². The highest BCUT2D eigenvalue weighted by Gasteiger charge is 2.18. The Hall–Kier alpha value is -2.35. The molecule has 0 aliphatic carbocycles. The Balaban J connectivity index is 2.29. The van der Waals surface area contributed by atoms with Crippen LogP contribution < -0.4 is 5.73 Å². The lowest BCUT2D eigenvalue weighted by Gasteiger charge is -2.15. The van der Waals surface area contributed by atoms with Gasteiger partial charge in [-0.15, -0.1) is 0 Å². The third-order valence-corrected chi connectivity index (χ3v) is 4.61. The lowest BCUT2D eigenvalue weighted by molar-refractivity contribution is 1.26. The fraction of sp³-hybridized carbons (Fsp3) is 0.0526. The summed E-state index contributed by atoms with van der Waals surface area (Å²) in [4.78, 5) is 4.46. The number of anilines is 1. The molecule has 1 aromatic heterocycles. The van der Waals surface area contributed by atoms with Crippen LogP contribution in [0.3, 0.4) is 0 Å². The molecule has 0 radical (unpaired) electrons. The largest absolute Gasteiger partial charge is 0.383 e. The molecule has 0 aliphatic heterocycles. The first-order chi connectivity index (χ1) is 11.5. The molecular formula is C19H13BrClN3. The van der Waals surface area contributed by atoms with Gasteiger partial charge >= 0.3 is 0 Å². The zero-order valence-electron chi connectivity index (χ0n) is 12.8. The number of nitrogens with zero attached hydrogens (tertiary/aromatic N) is 2. The maximum atomic E-state index is 9.54. The number of rotatable bonds is 2. The summed E-state index contributed by atoms with van der Waals surface area (Å²) in [5.41, 5.74) is 10.8. The van der Waals surface area contributed by atoms with E-state index >= 15 is 0 Å². The average Bonchev–Trinajstić information content (AvgIpc) is 2.58. The summed E-state index contributed by atoms with van der Waals surface area (Å²) in [5.74, 6) is 0.228. The summed E-state index contributed by atoms with van der Waals surface area (Å²) >= 11 is 9.41. The number of halogens is 2. The van der Waals surface area contributed by atoms with Crippen molar-refractivity contribution in [3.63, 3.8) is 0 Å². The Bertz CT molecular complexity index is 942. The number of aromatic nitrogens is 1. The Morgan fingerprint density at radius 1 is 1.04 bits per heavy atom. The van der Waals surface area contributed by atoms with Gasteiger partial charge in [0.1, 0.15) is 17.5 Å². The quantitative estimate of drug-likeness (QED) is 0.611. The molecule has 118 valence electrons. The van der Waals surface area contributed by atoms with Gasteiger partial charge in [0.25, 0.3) is 0 Å². The van der Waals surface area contributed by atoms with Crippen LogP contribution >= 0.6 is 27.5 Å². The smallest absolute Gasteiger partial charge is 0.142 e. The Morgan fingerprint density at radius 3 is 2.21 bits per heavy atom. The van der Waals surface area contributed by atoms with E-state index in [1.807, 2.05) is 43.3 Å². The van der Waals surface area contributed by atoms with E-state index in [-0.39, 0.29) is 5.82 Å². The van der Waals surface area contributed by atoms with Crippen molar-refractivity contribution in [2.24, 2.45) is 0 Å². The van der Waals surface area contributed by atoms with Crippen molar-refractivity contribution in [3.8, 4) is 28.5 Å². The van der Waals surface area contributed by atoms with Gasteiger partial charge in [-0.05, 0) is 42.3 Å². The van der Waals surface area contributed by atoms with Crippen LogP contribution in [-0.2, 0) is 0 Å². The summed E-state index contributed by atoms with van der Waals surface area (Å²) in [6.45, 7) is 1.95. The average molecular weight is 399 g/mol. The predicted octanol–water partition coefficient (Wildman–Crippen LogP) is 5.59. The van der Waals surface area contributed by atoms with Crippen LogP contribution in [-0.4, -0.2) is 4.98 Å². The molecule has 0 saturated heterocycles. The van der Waals surface area contributed by atoms with Gasteiger partial charge in [0, 0.05) is 20.6 Å². The molecule has 0 spiro atoms. The molecule has 5 heteroatoms. The van der Waals surface area contributed by atoms with Crippen molar-refractivity contribution in [2.75, 3.05) is 5.73 Å². The van der Waals surface area contributed by atoms with E-state index in [1.54, 1.807) is 12.1 Å². The Labute approximate surface area is 153 Å². The van der Waals surface area contributed by atoms with Crippen LogP contribution in [0.4, 0.5) is 5.82 Å². The lowest BCUT2D eigenvalue weighted by Crippen LogP contribution is -2.03. The first kappa shape index (κ1) is 16.5. The second kappa shape index (κ2) is 6.64. The molecule has 3 rings (SSSR count). The number of benzene rings is 2. The molecule has 0 aliphatic rings. The first-order valence-corrected chi connectivity index (χ1v) is 8.40. The molecular weight excluding hydrogens is 386 g/mol. The van der Waals surface area contributed by atoms with Gasteiger partial charge < -0.3 is 5.73 Å². The zero-order valence-corrected chi connectivity index (χ0v) is 15.2. The van der Waals surface area contributed by atoms with Crippen LogP contribution in [0.1, 0.15) is 11.1 Å². The minimum absolute atomic E-state index is 0.228. The van der Waals surface area contributed by atoms with Crippen molar-refractivity contribution >= 4 is 33.3 Å². The number of nitrogen functional groups attached to an aromatic ring is 1. The van der Waals surface area contributed by atoms with Gasteiger partial charge in [0.2, 0.25) is 0 Å². The van der Waals surface area contributed by atoms with Crippen molar-refractivity contribution in [2.45, 2.75) is 6.92 Å². The molecule has 0 unspecified atom stereocenters. The van der Waals surface area contributed by atoms with Crippen LogP contribution in [0.2, 0.25) is 5.02 Å². The number of hydrogen-bond donors (Lipinski definition) is 1. The van der Waals surface area contributed by atoms with E-state index in [2.05, 4.69) is 27.0 Å². The van der Waals surface area contributed by atoms with Crippen LogP contribution in [0.5, 0.6) is 0 Å². The first-order valence-electron chi connectivity index (χ1n) is 7.23. The maximum absolute atomic E-state index is 9.54. The molecule has 0 fully saturated rings. The van der Waals surface area contributed by atoms with Gasteiger partial charge in [0.15, 0.2) is 0 Å². The lowest BCUT2D eigenvalue weighted by atomic mass is 9.93. The Kier molecular flexibility index (Phi) is 4.57. The summed E-state index contributed by atoms with van der Waals surface area (Å²) in [6, 6.07) is 17.4. The van der Waals surface area contributed by atoms with E-state index in [9.17, 15) is 5.26 Å². The third kappa shape index (κ3) is 3.01. The van der Waals surface area contributed by atoms with E-state index in [0.29, 0.717) is 10.6 Å². The number of nitrogens with two attached hydrogens (primary N) is 1. The normalized spacial score (nSPS) is 10.4. The van der Waals surface area contributed by atoms with Crippen molar-refractivity contribution in [3.05, 3.63) is 69.2 Å². The topological polar surface area (TPSA) is 62.7 Å². The number of pyridine rings is 1. The van der Waals surface area contributed by atoms with Crippen LogP contribution in [0.25, 0.3) is 22.4 Å². The minimum atomic E-state index is 0.228. The van der Waals surface area contributed by atoms with Crippen molar-refractivity contribution in [1.82, 2.24) is 4.98 Å². The van der Waals surface area contributed by atoms with Crippen molar-refractivity contribution < 1.29 is 0 Å². The van der Waals surface area contributed by atoms with Gasteiger partial charge in [-0.3, -0.25) is 0 Å². The van der Waals surface area contributed by atoms with Gasteiger partial charge in [-0.1, -0.05) is 51.8 Å². The molecule has 0 amide bonds. The SMILES string of the molecule is Cc1c(-c2ccc(Br)cc2)nc(N)c(C#N)c1-c1ccc(Cl)cc1. The fourth-order valence-corrected chi connectivity index (χ4v) is 3.06. The molecule has 1 heterocycles. The van der Waals surface area contributed by atoms with Crippen LogP contribution in [0, 0.1) is 18.3 Å². The molecule has 24 heavy (non-hydrogen) atoms. The van der Waals surface area contributed by atoms with E-state index < -0.39 is 0 Å². The number of hydrogen-bond acceptors (Lipinski definition) is 3. The highest BCUT2D eigenvalue weighted by Crippen LogP contribution is 2.36. The summed E-state index contributed by atoms with van der Waals surface area (Å²) < 4.78 is 0.989. The Morgan fingerprint density at radius 2 is 1.62 bits per heavy atom. The van der Waals surface area contributed by atoms with E-state index in [1.165, 1.54) is 0 Å². The summed E-state index contributed by atoms with van der Waals surface area (Å²) in [6.07, 6.45) is 0. The minimum Gasteiger partial charge on any atom is -0.383 e. The highest BCUT2D eigenvalue weighted by molar-refractivity contribution is 9.10. The molecule has 3 aromatic rings. The predicted molar refractivity (Wildman–Crippen MR) is 102 cm³/mol. The molecule has 0 bridgehead atoms. The summed E-state index contributed by atoms with van der Waals surface area (Å²) in [7, 11) is 0. The second-order valence-corrected chi connectivity index (χ2v) is 6.70. The molecule has 0 saturated carbocycles. The highest BCUT2D eigenvalue weighted by atomic mass is 79.9. The van der Waals surface area contributed by atoms with Gasteiger partial charge in [-0.25, -0.2) is 4.98 Å². The molecule has 2 N–H and O–H groups in total. The number of nitriles is 1. The van der Waals surface area contributed by atoms with E-state index in [0.717, 1.165) is 32.4 Å². The fourth-order valence-electron chi connectivity index (χ4n) is 2.67. The molecule has 0 atom stereocenters. The molecule has 3 nitrogen and oxygen atoms in total. The zero-order chi connectivity index (χ0) is 17.3. The standard InChI is InChI=1S/C19H13BrClN3/c1-11-17(12-4-8-15(21)9-5-12)16(10-22)19(23)24-18(11)13-2-6-14(20)7-3-13/h2-9H,1H3,(H2,23,24). The van der Waals surface area contributed by atoms with Gasteiger partial charge in [-0.2, -0.15) is 5.26 Å². The second-order valence-electron chi connectivity index (χ2n) is 5.35. The monoisotopic (exact) mass is 397 g/mol. The maximum Gasteiger partial charge on any atom is 0.142 e. The third-order valence-electron chi connectivity index (χ3n) is 3.83. The summed E-state index contributed by atoms with van der Waals surface area (Å²) in [5, 5.41) is 10.2.